The van der Waals surface area contributed by atoms with Gasteiger partial charge >= 0.3 is 0 Å². The van der Waals surface area contributed by atoms with Crippen molar-refractivity contribution in [2.75, 3.05) is 20.1 Å². The summed E-state index contributed by atoms with van der Waals surface area (Å²) >= 11 is 0. The van der Waals surface area contributed by atoms with E-state index in [1.165, 1.54) is 0 Å². The lowest BCUT2D eigenvalue weighted by molar-refractivity contribution is 0.510. The SMILES string of the molecule is CN1C=C(C#N)C=C(c2cc(C3=CC(C#N)=CNC3)c3ccc4c(-c5cnccc5C#N)cc(-c5cncc(C#N)c5)c5ccc2c3c54)C1. The Balaban J connectivity index is 1.57. The molecular formula is C41H24N8. The van der Waals surface area contributed by atoms with E-state index in [2.05, 4.69) is 76.0 Å². The Kier molecular flexibility index (Phi) is 6.85. The quantitative estimate of drug-likeness (QED) is 0.197. The maximum absolute atomic E-state index is 10.1. The van der Waals surface area contributed by atoms with Gasteiger partial charge in [-0.3, -0.25) is 9.97 Å². The summed E-state index contributed by atoms with van der Waals surface area (Å²) in [6.45, 7) is 1.15. The number of pyridine rings is 2. The number of nitriles is 4. The second-order valence-electron chi connectivity index (χ2n) is 12.2. The van der Waals surface area contributed by atoms with Crippen LogP contribution in [0.4, 0.5) is 0 Å². The first-order valence-corrected chi connectivity index (χ1v) is 15.6. The van der Waals surface area contributed by atoms with Crippen LogP contribution in [0.15, 0.2) is 109 Å². The number of likely N-dealkylation sites (N-methyl/N-ethyl adjacent to an activating group) is 1. The van der Waals surface area contributed by atoms with E-state index in [0.29, 0.717) is 40.9 Å². The first kappa shape index (κ1) is 29.2. The molecule has 2 aliphatic rings. The Morgan fingerprint density at radius 3 is 2.04 bits per heavy atom. The van der Waals surface area contributed by atoms with Crippen LogP contribution in [0, 0.1) is 45.3 Å². The predicted molar refractivity (Wildman–Crippen MR) is 190 cm³/mol. The Bertz CT molecular complexity index is 2700. The van der Waals surface area contributed by atoms with Crippen LogP contribution < -0.4 is 5.32 Å². The summed E-state index contributed by atoms with van der Waals surface area (Å²) in [5, 5.41) is 48.8. The Morgan fingerprint density at radius 2 is 1.33 bits per heavy atom. The molecule has 49 heavy (non-hydrogen) atoms. The van der Waals surface area contributed by atoms with Crippen LogP contribution in [0.25, 0.3) is 65.7 Å². The van der Waals surface area contributed by atoms with Crippen molar-refractivity contribution in [1.82, 2.24) is 20.2 Å². The van der Waals surface area contributed by atoms with Crippen LogP contribution in [0.1, 0.15) is 22.3 Å². The molecule has 0 atom stereocenters. The fourth-order valence-corrected chi connectivity index (χ4v) is 7.18. The fourth-order valence-electron chi connectivity index (χ4n) is 7.18. The molecule has 4 heterocycles. The van der Waals surface area contributed by atoms with Gasteiger partial charge in [-0.25, -0.2) is 0 Å². The average molecular weight is 629 g/mol. The summed E-state index contributed by atoms with van der Waals surface area (Å²) in [6, 6.07) is 25.4. The number of dihydropyridines is 1. The molecule has 0 spiro atoms. The second-order valence-corrected chi connectivity index (χ2v) is 12.2. The van der Waals surface area contributed by atoms with Crippen molar-refractivity contribution >= 4 is 43.5 Å². The van der Waals surface area contributed by atoms with Crippen LogP contribution in [-0.4, -0.2) is 35.0 Å². The molecule has 0 saturated heterocycles. The van der Waals surface area contributed by atoms with Crippen LogP contribution in [0.3, 0.4) is 0 Å². The Morgan fingerprint density at radius 1 is 0.653 bits per heavy atom. The normalized spacial score (nSPS) is 14.2. The Labute approximate surface area is 282 Å². The zero-order chi connectivity index (χ0) is 33.6. The second kappa shape index (κ2) is 11.5. The van der Waals surface area contributed by atoms with Crippen molar-refractivity contribution in [2.45, 2.75) is 0 Å². The van der Waals surface area contributed by atoms with E-state index in [-0.39, 0.29) is 0 Å². The van der Waals surface area contributed by atoms with Crippen molar-refractivity contribution in [3.63, 3.8) is 0 Å². The van der Waals surface area contributed by atoms with Gasteiger partial charge in [-0.2, -0.15) is 21.0 Å². The summed E-state index contributed by atoms with van der Waals surface area (Å²) in [5.74, 6) is 0. The maximum Gasteiger partial charge on any atom is 0.101 e. The summed E-state index contributed by atoms with van der Waals surface area (Å²) in [4.78, 5) is 10.8. The number of allylic oxidation sites excluding steroid dienone is 4. The minimum Gasteiger partial charge on any atom is -0.386 e. The van der Waals surface area contributed by atoms with E-state index in [4.69, 9.17) is 0 Å². The number of nitrogens with zero attached hydrogens (tertiary/aromatic N) is 7. The van der Waals surface area contributed by atoms with Crippen LogP contribution in [-0.2, 0) is 0 Å². The molecule has 6 aromatic rings. The molecule has 8 rings (SSSR count). The molecular weight excluding hydrogens is 605 g/mol. The standard InChI is InChI=1S/C41H24N8/c1-49-22-26(15-44)10-30(23-49)37-11-35(28-8-24(13-42)17-47-19-28)31-4-5-34-38(39-21-46-7-6-27(39)16-45)12-36(29-9-25(14-43)18-48-20-29)32-2-3-33(37)40(31)41(32)34/h2-12,17-18,20-22,47H,19,23H2,1H3. The molecule has 8 heteroatoms. The smallest absolute Gasteiger partial charge is 0.101 e. The summed E-state index contributed by atoms with van der Waals surface area (Å²) < 4.78 is 0. The average Bonchev–Trinajstić information content (AvgIpc) is 3.16. The number of hydrogen-bond donors (Lipinski definition) is 1. The third kappa shape index (κ3) is 4.73. The number of hydrogen-bond acceptors (Lipinski definition) is 8. The van der Waals surface area contributed by atoms with Gasteiger partial charge in [0.05, 0.1) is 28.3 Å². The van der Waals surface area contributed by atoms with E-state index >= 15 is 0 Å². The minimum absolute atomic E-state index is 0.446. The van der Waals surface area contributed by atoms with Gasteiger partial charge in [-0.15, -0.1) is 0 Å². The van der Waals surface area contributed by atoms with Gasteiger partial charge in [0.2, 0.25) is 0 Å². The van der Waals surface area contributed by atoms with E-state index < -0.39 is 0 Å². The lowest BCUT2D eigenvalue weighted by Crippen LogP contribution is -2.18. The first-order chi connectivity index (χ1) is 24.0. The van der Waals surface area contributed by atoms with Gasteiger partial charge < -0.3 is 10.2 Å². The van der Waals surface area contributed by atoms with Gasteiger partial charge in [0.1, 0.15) is 18.2 Å². The molecule has 0 bridgehead atoms. The summed E-state index contributed by atoms with van der Waals surface area (Å²) in [7, 11) is 1.96. The van der Waals surface area contributed by atoms with Crippen molar-refractivity contribution in [3.05, 3.63) is 131 Å². The number of benzene rings is 4. The van der Waals surface area contributed by atoms with Crippen LogP contribution in [0.5, 0.6) is 0 Å². The van der Waals surface area contributed by atoms with E-state index in [1.807, 2.05) is 36.4 Å². The first-order valence-electron chi connectivity index (χ1n) is 15.6. The van der Waals surface area contributed by atoms with Crippen molar-refractivity contribution in [3.8, 4) is 46.5 Å². The topological polar surface area (TPSA) is 136 Å². The fraction of sp³-hybridized carbons (Fsp3) is 0.0732. The lowest BCUT2D eigenvalue weighted by atomic mass is 9.81. The van der Waals surface area contributed by atoms with Crippen LogP contribution >= 0.6 is 0 Å². The molecule has 0 saturated carbocycles. The van der Waals surface area contributed by atoms with Gasteiger partial charge in [0, 0.05) is 68.5 Å². The molecule has 4 aromatic carbocycles. The highest BCUT2D eigenvalue weighted by molar-refractivity contribution is 6.30. The molecule has 0 fully saturated rings. The van der Waals surface area contributed by atoms with Crippen molar-refractivity contribution in [1.29, 1.82) is 21.0 Å². The molecule has 0 radical (unpaired) electrons. The third-order valence-corrected chi connectivity index (χ3v) is 9.25. The minimum atomic E-state index is 0.446. The van der Waals surface area contributed by atoms with E-state index in [0.717, 1.165) is 71.3 Å². The molecule has 0 aliphatic carbocycles. The number of aromatic nitrogens is 2. The molecule has 8 nitrogen and oxygen atoms in total. The summed E-state index contributed by atoms with van der Waals surface area (Å²) in [6.07, 6.45) is 14.1. The van der Waals surface area contributed by atoms with Crippen molar-refractivity contribution in [2.24, 2.45) is 0 Å². The zero-order valence-corrected chi connectivity index (χ0v) is 26.3. The zero-order valence-electron chi connectivity index (χ0n) is 26.3. The summed E-state index contributed by atoms with van der Waals surface area (Å²) in [5.41, 5.74) is 9.23. The van der Waals surface area contributed by atoms with E-state index in [1.54, 1.807) is 37.1 Å². The third-order valence-electron chi connectivity index (χ3n) is 9.25. The maximum atomic E-state index is 10.1. The van der Waals surface area contributed by atoms with Crippen molar-refractivity contribution < 1.29 is 0 Å². The molecule has 1 N–H and O–H groups in total. The van der Waals surface area contributed by atoms with Gasteiger partial charge in [-0.05, 0) is 102 Å². The highest BCUT2D eigenvalue weighted by Gasteiger charge is 2.24. The molecule has 0 amide bonds. The largest absolute Gasteiger partial charge is 0.386 e. The number of rotatable bonds is 4. The monoisotopic (exact) mass is 628 g/mol. The van der Waals surface area contributed by atoms with E-state index in [9.17, 15) is 21.0 Å². The van der Waals surface area contributed by atoms with Gasteiger partial charge in [0.15, 0.2) is 0 Å². The van der Waals surface area contributed by atoms with Gasteiger partial charge in [0.25, 0.3) is 0 Å². The molecule has 2 aromatic heterocycles. The predicted octanol–water partition coefficient (Wildman–Crippen LogP) is 7.58. The lowest BCUT2D eigenvalue weighted by Gasteiger charge is -2.26. The highest BCUT2D eigenvalue weighted by atomic mass is 15.1. The van der Waals surface area contributed by atoms with Gasteiger partial charge in [-0.1, -0.05) is 24.3 Å². The van der Waals surface area contributed by atoms with Crippen LogP contribution in [0.2, 0.25) is 0 Å². The highest BCUT2D eigenvalue weighted by Crippen LogP contribution is 2.47. The molecule has 0 unspecified atom stereocenters. The number of nitrogens with one attached hydrogen (secondary N) is 1. The molecule has 228 valence electrons. The Hall–Kier alpha value is -7.26. The molecule has 2 aliphatic heterocycles.